The van der Waals surface area contributed by atoms with Gasteiger partial charge in [0.1, 0.15) is 19.5 Å². The second kappa shape index (κ2) is 12.2. The SMILES string of the molecule is C=C(C)C(=O)OCCC[Si](OC)(OC)OC.O=[SH](=O)[SiH3]. The third-order valence-corrected chi connectivity index (χ3v) is 4.97. The first kappa shape index (κ1) is 21.8. The smallest absolute Gasteiger partial charge is 0.462 e. The molecule has 0 atom stereocenters. The van der Waals surface area contributed by atoms with Crippen LogP contribution in [0.1, 0.15) is 13.3 Å². The summed E-state index contributed by atoms with van der Waals surface area (Å²) in [6.07, 6.45) is 0.640. The fourth-order valence-corrected chi connectivity index (χ4v) is 2.82. The predicted molar refractivity (Wildman–Crippen MR) is 82.2 cm³/mol. The van der Waals surface area contributed by atoms with Crippen LogP contribution in [-0.4, -0.2) is 60.5 Å². The van der Waals surface area contributed by atoms with Crippen molar-refractivity contribution < 1.29 is 31.2 Å². The van der Waals surface area contributed by atoms with Crippen LogP contribution in [0, 0.1) is 0 Å². The second-order valence-corrected chi connectivity index (χ2v) is 9.92. The largest absolute Gasteiger partial charge is 0.500 e. The van der Waals surface area contributed by atoms with Gasteiger partial charge in [0, 0.05) is 32.9 Å². The third kappa shape index (κ3) is 11.3. The first-order valence-corrected chi connectivity index (χ1v) is 12.0. The fraction of sp³-hybridized carbons (Fsp3) is 0.700. The van der Waals surface area contributed by atoms with Crippen LogP contribution in [0.5, 0.6) is 0 Å². The minimum Gasteiger partial charge on any atom is -0.462 e. The Bertz CT molecular complexity index is 350. The number of rotatable bonds is 8. The third-order valence-electron chi connectivity index (χ3n) is 2.14. The molecule has 0 spiro atoms. The van der Waals surface area contributed by atoms with Crippen LogP contribution in [0.2, 0.25) is 6.04 Å². The van der Waals surface area contributed by atoms with Crippen LogP contribution in [0.4, 0.5) is 0 Å². The Labute approximate surface area is 125 Å². The standard InChI is InChI=1S/C10H20O5Si.H4O2SSi/c1-9(2)10(11)15-7-6-8-16(12-3,13-4)14-5;1-3(2)4/h1,6-8H2,2-5H3;3H,4H3. The van der Waals surface area contributed by atoms with E-state index < -0.39 is 19.0 Å². The van der Waals surface area contributed by atoms with E-state index in [0.717, 1.165) is 0 Å². The van der Waals surface area contributed by atoms with Gasteiger partial charge in [0.15, 0.2) is 0 Å². The molecule has 0 rings (SSSR count). The van der Waals surface area contributed by atoms with E-state index in [-0.39, 0.29) is 5.97 Å². The molecule has 0 aliphatic heterocycles. The molecule has 0 aromatic carbocycles. The second-order valence-electron chi connectivity index (χ2n) is 3.75. The van der Waals surface area contributed by atoms with Crippen LogP contribution in [-0.2, 0) is 33.0 Å². The Kier molecular flexibility index (Phi) is 13.3. The fourth-order valence-electron chi connectivity index (χ4n) is 1.13. The molecule has 0 amide bonds. The molecule has 0 heterocycles. The highest BCUT2D eigenvalue weighted by Gasteiger charge is 2.36. The quantitative estimate of drug-likeness (QED) is 0.204. The van der Waals surface area contributed by atoms with E-state index in [4.69, 9.17) is 26.4 Å². The maximum atomic E-state index is 11.1. The Balaban J connectivity index is 0. The molecule has 0 aromatic heterocycles. The van der Waals surface area contributed by atoms with Gasteiger partial charge in [0.2, 0.25) is 0 Å². The average Bonchev–Trinajstić information content (AvgIpc) is 2.39. The van der Waals surface area contributed by atoms with E-state index in [9.17, 15) is 4.79 Å². The molecule has 7 nitrogen and oxygen atoms in total. The maximum Gasteiger partial charge on any atom is 0.500 e. The van der Waals surface area contributed by atoms with E-state index in [1.807, 2.05) is 0 Å². The predicted octanol–water partition coefficient (Wildman–Crippen LogP) is -0.748. The highest BCUT2D eigenvalue weighted by molar-refractivity contribution is 7.96. The lowest BCUT2D eigenvalue weighted by Crippen LogP contribution is -2.42. The number of esters is 1. The molecule has 0 aliphatic rings. The summed E-state index contributed by atoms with van der Waals surface area (Å²) in [7, 11) is 0.455. The van der Waals surface area contributed by atoms with Gasteiger partial charge in [-0.25, -0.2) is 13.2 Å². The van der Waals surface area contributed by atoms with Crippen LogP contribution in [0.15, 0.2) is 12.2 Å². The minimum atomic E-state index is -2.53. The molecule has 0 aliphatic carbocycles. The number of carbonyl (C=O) groups is 1. The molecule has 120 valence electrons. The monoisotopic (exact) mass is 344 g/mol. The maximum absolute atomic E-state index is 11.1. The minimum absolute atomic E-state index is 0.302. The van der Waals surface area contributed by atoms with Crippen molar-refractivity contribution in [3.8, 4) is 0 Å². The summed E-state index contributed by atoms with van der Waals surface area (Å²) in [4.78, 5) is 11.1. The summed E-state index contributed by atoms with van der Waals surface area (Å²) in [5.41, 5.74) is 0.397. The van der Waals surface area contributed by atoms with Crippen LogP contribution < -0.4 is 0 Å². The summed E-state index contributed by atoms with van der Waals surface area (Å²) in [6.45, 7) is 5.42. The van der Waals surface area contributed by atoms with Gasteiger partial charge in [-0.2, -0.15) is 0 Å². The molecule has 0 aromatic rings. The van der Waals surface area contributed by atoms with Crippen molar-refractivity contribution in [1.29, 1.82) is 0 Å². The molecule has 0 N–H and O–H groups in total. The molecule has 0 bridgehead atoms. The molecule has 0 saturated heterocycles. The molecular formula is C10H24O7SSi2. The van der Waals surface area contributed by atoms with Crippen molar-refractivity contribution in [2.75, 3.05) is 27.9 Å². The zero-order valence-corrected chi connectivity index (χ0v) is 16.5. The Morgan fingerprint density at radius 3 is 1.90 bits per heavy atom. The molecule has 20 heavy (non-hydrogen) atoms. The summed E-state index contributed by atoms with van der Waals surface area (Å²) < 4.78 is 38.8. The number of hydrogen-bond acceptors (Lipinski definition) is 7. The van der Waals surface area contributed by atoms with Crippen LogP contribution in [0.25, 0.3) is 0 Å². The van der Waals surface area contributed by atoms with Crippen molar-refractivity contribution in [1.82, 2.24) is 0 Å². The normalized spacial score (nSPS) is 10.8. The Hall–Kier alpha value is -0.526. The lowest BCUT2D eigenvalue weighted by Gasteiger charge is -2.24. The molecule has 0 radical (unpaired) electrons. The molecule has 0 fully saturated rings. The molecule has 0 saturated carbocycles. The van der Waals surface area contributed by atoms with Crippen molar-refractivity contribution in [2.24, 2.45) is 0 Å². The van der Waals surface area contributed by atoms with Crippen molar-refractivity contribution in [3.05, 3.63) is 12.2 Å². The number of thiol groups is 1. The summed E-state index contributed by atoms with van der Waals surface area (Å²) in [5, 5.41) is 0. The van der Waals surface area contributed by atoms with Crippen molar-refractivity contribution in [3.63, 3.8) is 0 Å². The number of hydrogen-bond donors (Lipinski definition) is 1. The highest BCUT2D eigenvalue weighted by Crippen LogP contribution is 2.14. The molecular weight excluding hydrogens is 320 g/mol. The van der Waals surface area contributed by atoms with Gasteiger partial charge >= 0.3 is 14.8 Å². The average molecular weight is 345 g/mol. The van der Waals surface area contributed by atoms with E-state index in [1.54, 1.807) is 28.3 Å². The van der Waals surface area contributed by atoms with E-state index >= 15 is 0 Å². The molecule has 0 unspecified atom stereocenters. The van der Waals surface area contributed by atoms with Gasteiger partial charge in [-0.3, -0.25) is 0 Å². The number of carbonyl (C=O) groups excluding carboxylic acids is 1. The van der Waals surface area contributed by atoms with E-state index in [1.165, 1.54) is 0 Å². The van der Waals surface area contributed by atoms with Gasteiger partial charge in [0.05, 0.1) is 6.61 Å². The summed E-state index contributed by atoms with van der Waals surface area (Å²) in [5.74, 6) is -0.375. The Morgan fingerprint density at radius 1 is 1.20 bits per heavy atom. The van der Waals surface area contributed by atoms with E-state index in [0.29, 0.717) is 34.0 Å². The first-order valence-electron chi connectivity index (χ1n) is 5.80. The highest BCUT2D eigenvalue weighted by atomic mass is 32.4. The first-order chi connectivity index (χ1) is 9.24. The van der Waals surface area contributed by atoms with Gasteiger partial charge < -0.3 is 18.0 Å². The summed E-state index contributed by atoms with van der Waals surface area (Å²) in [6, 6.07) is 0.611. The summed E-state index contributed by atoms with van der Waals surface area (Å²) >= 11 is 0. The van der Waals surface area contributed by atoms with Gasteiger partial charge in [-0.15, -0.1) is 0 Å². The number of ether oxygens (including phenoxy) is 1. The van der Waals surface area contributed by atoms with Gasteiger partial charge in [-0.1, -0.05) is 6.58 Å². The van der Waals surface area contributed by atoms with Gasteiger partial charge in [0.25, 0.3) is 0 Å². The van der Waals surface area contributed by atoms with Crippen molar-refractivity contribution in [2.45, 2.75) is 19.4 Å². The van der Waals surface area contributed by atoms with Crippen molar-refractivity contribution >= 4 is 34.3 Å². The molecule has 10 heteroatoms. The topological polar surface area (TPSA) is 88.1 Å². The lowest BCUT2D eigenvalue weighted by atomic mass is 10.4. The van der Waals surface area contributed by atoms with Crippen LogP contribution >= 0.6 is 0 Å². The Morgan fingerprint density at radius 2 is 1.60 bits per heavy atom. The lowest BCUT2D eigenvalue weighted by molar-refractivity contribution is -0.139. The zero-order chi connectivity index (χ0) is 16.2. The van der Waals surface area contributed by atoms with Gasteiger partial charge in [-0.05, 0) is 13.3 Å². The van der Waals surface area contributed by atoms with Crippen LogP contribution in [0.3, 0.4) is 0 Å². The zero-order valence-electron chi connectivity index (χ0n) is 12.6. The van der Waals surface area contributed by atoms with E-state index in [2.05, 4.69) is 6.58 Å².